The minimum absolute atomic E-state index is 0.117. The van der Waals surface area contributed by atoms with E-state index in [-0.39, 0.29) is 11.5 Å². The molecular formula is C15H19NO3. The molecule has 4 nitrogen and oxygen atoms in total. The van der Waals surface area contributed by atoms with Crippen LogP contribution in [-0.2, 0) is 4.79 Å². The predicted octanol–water partition coefficient (Wildman–Crippen LogP) is 1.88. The number of ether oxygens (including phenoxy) is 1. The summed E-state index contributed by atoms with van der Waals surface area (Å²) < 4.78 is 6.16. The van der Waals surface area contributed by atoms with E-state index in [1.165, 1.54) is 0 Å². The minimum Gasteiger partial charge on any atom is -0.487 e. The molecule has 1 aromatic rings. The van der Waals surface area contributed by atoms with Gasteiger partial charge in [-0.2, -0.15) is 0 Å². The number of benzene rings is 1. The number of nitrogens with zero attached hydrogens (tertiary/aromatic N) is 1. The monoisotopic (exact) mass is 261 g/mol. The number of carbonyl (C=O) groups is 1. The van der Waals surface area contributed by atoms with Crippen LogP contribution in [0.5, 0.6) is 5.75 Å². The molecule has 1 N–H and O–H groups in total. The van der Waals surface area contributed by atoms with Crippen molar-refractivity contribution in [2.75, 3.05) is 13.1 Å². The first-order valence-corrected chi connectivity index (χ1v) is 6.81. The number of likely N-dealkylation sites (tertiary alicyclic amines) is 1. The zero-order valence-corrected chi connectivity index (χ0v) is 11.1. The van der Waals surface area contributed by atoms with Gasteiger partial charge in [-0.3, -0.25) is 4.79 Å². The molecule has 0 unspecified atom stereocenters. The number of piperidine rings is 1. The number of hydrogen-bond acceptors (Lipinski definition) is 3. The highest BCUT2D eigenvalue weighted by Crippen LogP contribution is 2.43. The number of hydrogen-bond donors (Lipinski definition) is 1. The number of rotatable bonds is 0. The van der Waals surface area contributed by atoms with Crippen LogP contribution in [0.2, 0.25) is 0 Å². The molecule has 0 aromatic heterocycles. The third kappa shape index (κ3) is 2.21. The van der Waals surface area contributed by atoms with Gasteiger partial charge < -0.3 is 14.7 Å². The molecule has 3 rings (SSSR count). The number of para-hydroxylation sites is 1. The maximum atomic E-state index is 11.4. The SMILES string of the molecule is CC(=O)N1CCC2(CC1)C[C@@H](O)c1ccccc1O2. The molecule has 2 aliphatic rings. The molecule has 1 spiro atoms. The smallest absolute Gasteiger partial charge is 0.219 e. The van der Waals surface area contributed by atoms with Crippen molar-refractivity contribution in [1.29, 1.82) is 0 Å². The van der Waals surface area contributed by atoms with E-state index in [2.05, 4.69) is 0 Å². The van der Waals surface area contributed by atoms with Crippen molar-refractivity contribution in [3.8, 4) is 5.75 Å². The van der Waals surface area contributed by atoms with E-state index in [4.69, 9.17) is 4.74 Å². The van der Waals surface area contributed by atoms with Crippen LogP contribution in [0.3, 0.4) is 0 Å². The van der Waals surface area contributed by atoms with Gasteiger partial charge >= 0.3 is 0 Å². The Hall–Kier alpha value is -1.55. The molecule has 1 aromatic carbocycles. The molecular weight excluding hydrogens is 242 g/mol. The van der Waals surface area contributed by atoms with Crippen LogP contribution in [0.1, 0.15) is 37.9 Å². The molecule has 1 amide bonds. The maximum Gasteiger partial charge on any atom is 0.219 e. The van der Waals surface area contributed by atoms with Crippen LogP contribution in [0.4, 0.5) is 0 Å². The van der Waals surface area contributed by atoms with Gasteiger partial charge in [0.2, 0.25) is 5.91 Å². The Balaban J connectivity index is 1.80. The largest absolute Gasteiger partial charge is 0.487 e. The van der Waals surface area contributed by atoms with E-state index in [0.29, 0.717) is 19.5 Å². The zero-order valence-electron chi connectivity index (χ0n) is 11.1. The number of aliphatic hydroxyl groups excluding tert-OH is 1. The lowest BCUT2D eigenvalue weighted by atomic mass is 9.81. The molecule has 0 radical (unpaired) electrons. The quantitative estimate of drug-likeness (QED) is 0.776. The van der Waals surface area contributed by atoms with Gasteiger partial charge in [0.1, 0.15) is 11.4 Å². The van der Waals surface area contributed by atoms with Crippen LogP contribution in [-0.4, -0.2) is 34.6 Å². The van der Waals surface area contributed by atoms with Gasteiger partial charge in [-0.05, 0) is 6.07 Å². The van der Waals surface area contributed by atoms with E-state index in [9.17, 15) is 9.90 Å². The van der Waals surface area contributed by atoms with Gasteiger partial charge in [0.25, 0.3) is 0 Å². The molecule has 4 heteroatoms. The molecule has 1 saturated heterocycles. The van der Waals surface area contributed by atoms with Gasteiger partial charge in [-0.15, -0.1) is 0 Å². The molecule has 0 bridgehead atoms. The number of aliphatic hydroxyl groups is 1. The predicted molar refractivity (Wildman–Crippen MR) is 70.9 cm³/mol. The average molecular weight is 261 g/mol. The first kappa shape index (κ1) is 12.5. The van der Waals surface area contributed by atoms with E-state index >= 15 is 0 Å². The summed E-state index contributed by atoms with van der Waals surface area (Å²) >= 11 is 0. The van der Waals surface area contributed by atoms with Crippen LogP contribution in [0.15, 0.2) is 24.3 Å². The highest BCUT2D eigenvalue weighted by Gasteiger charge is 2.43. The van der Waals surface area contributed by atoms with Gasteiger partial charge in [-0.25, -0.2) is 0 Å². The topological polar surface area (TPSA) is 49.8 Å². The molecule has 1 atom stereocenters. The fraction of sp³-hybridized carbons (Fsp3) is 0.533. The van der Waals surface area contributed by atoms with Crippen molar-refractivity contribution >= 4 is 5.91 Å². The number of amides is 1. The van der Waals surface area contributed by atoms with Gasteiger partial charge in [-0.1, -0.05) is 18.2 Å². The second-order valence-electron chi connectivity index (χ2n) is 5.55. The van der Waals surface area contributed by atoms with Crippen molar-refractivity contribution < 1.29 is 14.6 Å². The number of carbonyl (C=O) groups excluding carboxylic acids is 1. The summed E-state index contributed by atoms with van der Waals surface area (Å²) in [5.74, 6) is 0.907. The molecule has 2 aliphatic heterocycles. The summed E-state index contributed by atoms with van der Waals surface area (Å²) in [5.41, 5.74) is 0.571. The van der Waals surface area contributed by atoms with Crippen LogP contribution in [0.25, 0.3) is 0 Å². The lowest BCUT2D eigenvalue weighted by Crippen LogP contribution is -2.51. The van der Waals surface area contributed by atoms with Crippen molar-refractivity contribution in [1.82, 2.24) is 4.90 Å². The summed E-state index contributed by atoms with van der Waals surface area (Å²) in [4.78, 5) is 13.2. The summed E-state index contributed by atoms with van der Waals surface area (Å²) in [6, 6.07) is 7.67. The van der Waals surface area contributed by atoms with Crippen LogP contribution < -0.4 is 4.74 Å². The zero-order chi connectivity index (χ0) is 13.5. The Morgan fingerprint density at radius 3 is 2.74 bits per heavy atom. The summed E-state index contributed by atoms with van der Waals surface area (Å²) in [6.07, 6.45) is 1.74. The van der Waals surface area contributed by atoms with E-state index in [1.54, 1.807) is 6.92 Å². The summed E-state index contributed by atoms with van der Waals surface area (Å²) in [5, 5.41) is 10.3. The first-order chi connectivity index (χ1) is 9.10. The standard InChI is InChI=1S/C15H19NO3/c1-11(17)16-8-6-15(7-9-16)10-13(18)12-4-2-3-5-14(12)19-15/h2-5,13,18H,6-10H2,1H3/t13-/m1/s1. The molecule has 19 heavy (non-hydrogen) atoms. The fourth-order valence-electron chi connectivity index (χ4n) is 3.12. The van der Waals surface area contributed by atoms with Gasteiger partial charge in [0.15, 0.2) is 0 Å². The second-order valence-corrected chi connectivity index (χ2v) is 5.55. The Morgan fingerprint density at radius 2 is 2.05 bits per heavy atom. The maximum absolute atomic E-state index is 11.4. The Labute approximate surface area is 113 Å². The molecule has 102 valence electrons. The Bertz CT molecular complexity index is 492. The van der Waals surface area contributed by atoms with Gasteiger partial charge in [0.05, 0.1) is 6.10 Å². The third-order valence-corrected chi connectivity index (χ3v) is 4.29. The average Bonchev–Trinajstić information content (AvgIpc) is 2.39. The summed E-state index contributed by atoms with van der Waals surface area (Å²) in [7, 11) is 0. The van der Waals surface area contributed by atoms with Crippen LogP contribution in [0, 0.1) is 0 Å². The highest BCUT2D eigenvalue weighted by atomic mass is 16.5. The highest BCUT2D eigenvalue weighted by molar-refractivity contribution is 5.73. The van der Waals surface area contributed by atoms with Gasteiger partial charge in [0, 0.05) is 44.8 Å². The first-order valence-electron chi connectivity index (χ1n) is 6.81. The normalized spacial score (nSPS) is 24.7. The minimum atomic E-state index is -0.464. The van der Waals surface area contributed by atoms with Crippen molar-refractivity contribution in [2.45, 2.75) is 37.9 Å². The molecule has 0 aliphatic carbocycles. The lowest BCUT2D eigenvalue weighted by molar-refractivity contribution is -0.133. The fourth-order valence-corrected chi connectivity index (χ4v) is 3.12. The molecule has 0 saturated carbocycles. The van der Waals surface area contributed by atoms with Crippen molar-refractivity contribution in [3.63, 3.8) is 0 Å². The van der Waals surface area contributed by atoms with E-state index in [0.717, 1.165) is 24.2 Å². The lowest BCUT2D eigenvalue weighted by Gasteiger charge is -2.45. The van der Waals surface area contributed by atoms with Crippen molar-refractivity contribution in [3.05, 3.63) is 29.8 Å². The van der Waals surface area contributed by atoms with Crippen LogP contribution >= 0.6 is 0 Å². The van der Waals surface area contributed by atoms with Crippen molar-refractivity contribution in [2.24, 2.45) is 0 Å². The van der Waals surface area contributed by atoms with E-state index in [1.807, 2.05) is 29.2 Å². The Kier molecular flexibility index (Phi) is 2.97. The molecule has 2 heterocycles. The van der Waals surface area contributed by atoms with E-state index < -0.39 is 6.10 Å². The third-order valence-electron chi connectivity index (χ3n) is 4.29. The summed E-state index contributed by atoms with van der Waals surface area (Å²) in [6.45, 7) is 3.03. The second kappa shape index (κ2) is 4.53. The molecule has 1 fully saturated rings. The number of fused-ring (bicyclic) bond motifs is 1. The Morgan fingerprint density at radius 1 is 1.37 bits per heavy atom.